The summed E-state index contributed by atoms with van der Waals surface area (Å²) in [5, 5.41) is 0. The molecule has 0 aliphatic rings. The molecule has 0 amide bonds. The number of anilines is 1. The molecule has 1 aromatic carbocycles. The molecule has 0 fully saturated rings. The number of carbonyl (C=O) groups excluding carboxylic acids is 1. The number of nitrogens with two attached hydrogens (primary N) is 1. The second-order valence-electron chi connectivity index (χ2n) is 3.10. The van der Waals surface area contributed by atoms with Crippen molar-refractivity contribution >= 4 is 11.7 Å². The van der Waals surface area contributed by atoms with Crippen LogP contribution in [0, 0.1) is 0 Å². The molecule has 0 radical (unpaired) electrons. The van der Waals surface area contributed by atoms with Crippen LogP contribution in [0.15, 0.2) is 36.4 Å². The Morgan fingerprint density at radius 1 is 1.53 bits per heavy atom. The van der Waals surface area contributed by atoms with Gasteiger partial charge < -0.3 is 10.5 Å². The van der Waals surface area contributed by atoms with Gasteiger partial charge in [-0.1, -0.05) is 18.2 Å². The maximum absolute atomic E-state index is 11.0. The summed E-state index contributed by atoms with van der Waals surface area (Å²) >= 11 is 0. The van der Waals surface area contributed by atoms with Gasteiger partial charge >= 0.3 is 5.97 Å². The van der Waals surface area contributed by atoms with Crippen molar-refractivity contribution in [2.45, 2.75) is 13.3 Å². The summed E-state index contributed by atoms with van der Waals surface area (Å²) in [6, 6.07) is 7.57. The molecule has 1 rings (SSSR count). The summed E-state index contributed by atoms with van der Waals surface area (Å²) in [6.07, 6.45) is 3.89. The number of esters is 1. The fraction of sp³-hybridized carbons (Fsp3) is 0.250. The summed E-state index contributed by atoms with van der Waals surface area (Å²) in [7, 11) is 0. The van der Waals surface area contributed by atoms with E-state index < -0.39 is 0 Å². The van der Waals surface area contributed by atoms with Crippen molar-refractivity contribution in [2.75, 3.05) is 12.3 Å². The molecule has 3 heteroatoms. The van der Waals surface area contributed by atoms with Gasteiger partial charge in [-0.25, -0.2) is 4.79 Å². The van der Waals surface area contributed by atoms with Gasteiger partial charge in [-0.2, -0.15) is 0 Å². The van der Waals surface area contributed by atoms with Crippen LogP contribution in [0.3, 0.4) is 0 Å². The molecule has 0 unspecified atom stereocenters. The maximum Gasteiger partial charge on any atom is 0.330 e. The third-order valence-corrected chi connectivity index (χ3v) is 1.85. The predicted octanol–water partition coefficient (Wildman–Crippen LogP) is 1.93. The maximum atomic E-state index is 11.0. The molecule has 80 valence electrons. The Balaban J connectivity index is 2.46. The van der Waals surface area contributed by atoms with E-state index in [-0.39, 0.29) is 5.97 Å². The molecule has 3 nitrogen and oxygen atoms in total. The summed E-state index contributed by atoms with van der Waals surface area (Å²) < 4.78 is 4.75. The fourth-order valence-electron chi connectivity index (χ4n) is 1.20. The van der Waals surface area contributed by atoms with E-state index in [1.165, 1.54) is 6.08 Å². The van der Waals surface area contributed by atoms with E-state index in [1.54, 1.807) is 13.0 Å². The number of allylic oxidation sites excluding steroid dienone is 1. The molecule has 2 N–H and O–H groups in total. The van der Waals surface area contributed by atoms with E-state index in [0.717, 1.165) is 11.3 Å². The van der Waals surface area contributed by atoms with E-state index in [1.807, 2.05) is 24.3 Å². The van der Waals surface area contributed by atoms with Gasteiger partial charge in [0.1, 0.15) is 0 Å². The Morgan fingerprint density at radius 2 is 2.33 bits per heavy atom. The van der Waals surface area contributed by atoms with E-state index in [0.29, 0.717) is 13.0 Å². The van der Waals surface area contributed by atoms with Crippen molar-refractivity contribution in [3.63, 3.8) is 0 Å². The monoisotopic (exact) mass is 205 g/mol. The van der Waals surface area contributed by atoms with Gasteiger partial charge in [0.25, 0.3) is 0 Å². The lowest BCUT2D eigenvalue weighted by molar-refractivity contribution is -0.137. The average molecular weight is 205 g/mol. The number of rotatable bonds is 4. The van der Waals surface area contributed by atoms with Crippen LogP contribution in [0.2, 0.25) is 0 Å². The zero-order valence-electron chi connectivity index (χ0n) is 8.77. The Labute approximate surface area is 89.5 Å². The Morgan fingerprint density at radius 3 is 3.00 bits per heavy atom. The van der Waals surface area contributed by atoms with Crippen LogP contribution < -0.4 is 5.73 Å². The average Bonchev–Trinajstić information content (AvgIpc) is 2.18. The van der Waals surface area contributed by atoms with E-state index in [9.17, 15) is 4.79 Å². The Bertz CT molecular complexity index is 358. The largest absolute Gasteiger partial charge is 0.463 e. The molecule has 0 spiro atoms. The fourth-order valence-corrected chi connectivity index (χ4v) is 1.20. The van der Waals surface area contributed by atoms with Gasteiger partial charge in [0, 0.05) is 11.8 Å². The first kappa shape index (κ1) is 11.3. The second-order valence-corrected chi connectivity index (χ2v) is 3.10. The van der Waals surface area contributed by atoms with Crippen LogP contribution in [0.4, 0.5) is 5.69 Å². The molecular formula is C12H15NO2. The van der Waals surface area contributed by atoms with Crippen LogP contribution in [0.5, 0.6) is 0 Å². The highest BCUT2D eigenvalue weighted by atomic mass is 16.5. The molecule has 1 aromatic rings. The quantitative estimate of drug-likeness (QED) is 0.464. The van der Waals surface area contributed by atoms with Crippen LogP contribution in [0.1, 0.15) is 12.5 Å². The number of hydrogen-bond acceptors (Lipinski definition) is 3. The lowest BCUT2D eigenvalue weighted by Crippen LogP contribution is -1.99. The SMILES string of the molecule is CCOC(=O)/C=C/Cc1cccc(N)c1. The van der Waals surface area contributed by atoms with Crippen LogP contribution in [-0.4, -0.2) is 12.6 Å². The standard InChI is InChI=1S/C12H15NO2/c1-2-15-12(14)8-4-6-10-5-3-7-11(13)9-10/h3-5,7-9H,2,6,13H2,1H3/b8-4+. The summed E-state index contributed by atoms with van der Waals surface area (Å²) in [6.45, 7) is 2.19. The van der Waals surface area contributed by atoms with Gasteiger partial charge in [-0.15, -0.1) is 0 Å². The Kier molecular flexibility index (Phi) is 4.41. The van der Waals surface area contributed by atoms with Gasteiger partial charge in [-0.05, 0) is 31.0 Å². The first-order chi connectivity index (χ1) is 7.22. The van der Waals surface area contributed by atoms with Crippen molar-refractivity contribution in [1.29, 1.82) is 0 Å². The lowest BCUT2D eigenvalue weighted by Gasteiger charge is -1.98. The van der Waals surface area contributed by atoms with Crippen molar-refractivity contribution in [3.8, 4) is 0 Å². The number of hydrogen-bond donors (Lipinski definition) is 1. The van der Waals surface area contributed by atoms with E-state index >= 15 is 0 Å². The summed E-state index contributed by atoms with van der Waals surface area (Å²) in [4.78, 5) is 11.0. The van der Waals surface area contributed by atoms with Crippen molar-refractivity contribution in [2.24, 2.45) is 0 Å². The van der Waals surface area contributed by atoms with Gasteiger partial charge in [0.2, 0.25) is 0 Å². The molecule has 0 aliphatic heterocycles. The van der Waals surface area contributed by atoms with Crippen LogP contribution >= 0.6 is 0 Å². The van der Waals surface area contributed by atoms with Crippen LogP contribution in [-0.2, 0) is 16.0 Å². The summed E-state index contributed by atoms with van der Waals surface area (Å²) in [5.74, 6) is -0.304. The minimum absolute atomic E-state index is 0.304. The van der Waals surface area contributed by atoms with Gasteiger partial charge in [-0.3, -0.25) is 0 Å². The number of nitrogen functional groups attached to an aromatic ring is 1. The smallest absolute Gasteiger partial charge is 0.330 e. The number of benzene rings is 1. The zero-order chi connectivity index (χ0) is 11.1. The molecule has 0 saturated heterocycles. The Hall–Kier alpha value is -1.77. The molecule has 0 heterocycles. The van der Waals surface area contributed by atoms with Crippen molar-refractivity contribution in [3.05, 3.63) is 42.0 Å². The van der Waals surface area contributed by atoms with E-state index in [4.69, 9.17) is 10.5 Å². The number of ether oxygens (including phenoxy) is 1. The highest BCUT2D eigenvalue weighted by Crippen LogP contribution is 2.07. The number of carbonyl (C=O) groups is 1. The van der Waals surface area contributed by atoms with Crippen molar-refractivity contribution in [1.82, 2.24) is 0 Å². The highest BCUT2D eigenvalue weighted by Gasteiger charge is 1.94. The third-order valence-electron chi connectivity index (χ3n) is 1.85. The normalized spacial score (nSPS) is 10.5. The van der Waals surface area contributed by atoms with Gasteiger partial charge in [0.15, 0.2) is 0 Å². The second kappa shape index (κ2) is 5.86. The molecule has 0 atom stereocenters. The third kappa shape index (κ3) is 4.31. The molecule has 0 aliphatic carbocycles. The first-order valence-electron chi connectivity index (χ1n) is 4.90. The molecule has 0 aromatic heterocycles. The molecule has 0 bridgehead atoms. The zero-order valence-corrected chi connectivity index (χ0v) is 8.77. The lowest BCUT2D eigenvalue weighted by atomic mass is 10.1. The molecular weight excluding hydrogens is 190 g/mol. The van der Waals surface area contributed by atoms with Crippen LogP contribution in [0.25, 0.3) is 0 Å². The summed E-state index contributed by atoms with van der Waals surface area (Å²) in [5.41, 5.74) is 7.43. The molecule has 0 saturated carbocycles. The van der Waals surface area contributed by atoms with Gasteiger partial charge in [0.05, 0.1) is 6.61 Å². The molecule has 15 heavy (non-hydrogen) atoms. The topological polar surface area (TPSA) is 52.3 Å². The predicted molar refractivity (Wildman–Crippen MR) is 60.3 cm³/mol. The first-order valence-corrected chi connectivity index (χ1v) is 4.90. The highest BCUT2D eigenvalue weighted by molar-refractivity contribution is 5.81. The minimum Gasteiger partial charge on any atom is -0.463 e. The van der Waals surface area contributed by atoms with E-state index in [2.05, 4.69) is 0 Å². The van der Waals surface area contributed by atoms with Crippen molar-refractivity contribution < 1.29 is 9.53 Å². The minimum atomic E-state index is -0.304.